The molecule has 0 radical (unpaired) electrons. The Kier molecular flexibility index (Phi) is 5.25. The maximum atomic E-state index is 12.7. The first-order valence-corrected chi connectivity index (χ1v) is 6.57. The predicted octanol–water partition coefficient (Wildman–Crippen LogP) is 3.82. The summed E-state index contributed by atoms with van der Waals surface area (Å²) in [6, 6.07) is 0.988. The number of anilines is 1. The van der Waals surface area contributed by atoms with E-state index in [2.05, 4.69) is 15.3 Å². The van der Waals surface area contributed by atoms with Crippen LogP contribution in [0, 0.1) is 0 Å². The minimum absolute atomic E-state index is 0.0369. The third-order valence-electron chi connectivity index (χ3n) is 1.88. The van der Waals surface area contributed by atoms with Crippen molar-refractivity contribution in [2.75, 3.05) is 11.9 Å². The molecule has 1 aromatic heterocycles. The van der Waals surface area contributed by atoms with Crippen molar-refractivity contribution in [3.63, 3.8) is 0 Å². The van der Waals surface area contributed by atoms with Crippen LogP contribution in [0.1, 0.15) is 32.9 Å². The molecule has 18 heavy (non-hydrogen) atoms. The molecule has 0 aliphatic heterocycles. The molecule has 0 aliphatic carbocycles. The average Bonchev–Trinajstić information content (AvgIpc) is 2.24. The lowest BCUT2D eigenvalue weighted by Gasteiger charge is -2.12. The first kappa shape index (κ1) is 15.1. The average molecular weight is 279 g/mol. The molecule has 0 spiro atoms. The minimum Gasteiger partial charge on any atom is -0.354 e. The number of nitrogens with one attached hydrogen (secondary N) is 1. The molecule has 3 nitrogen and oxygen atoms in total. The molecular weight excluding hydrogens is 263 g/mol. The highest BCUT2D eigenvalue weighted by molar-refractivity contribution is 7.99. The van der Waals surface area contributed by atoms with Crippen LogP contribution in [-0.2, 0) is 6.18 Å². The predicted molar refractivity (Wildman–Crippen MR) is 66.8 cm³/mol. The maximum absolute atomic E-state index is 12.7. The van der Waals surface area contributed by atoms with Crippen molar-refractivity contribution in [3.8, 4) is 0 Å². The number of hydrogen-bond acceptors (Lipinski definition) is 4. The summed E-state index contributed by atoms with van der Waals surface area (Å²) in [6.07, 6.45) is -3.65. The van der Waals surface area contributed by atoms with E-state index in [0.717, 1.165) is 12.5 Å². The van der Waals surface area contributed by atoms with Gasteiger partial charge < -0.3 is 5.32 Å². The van der Waals surface area contributed by atoms with Gasteiger partial charge in [0, 0.05) is 17.9 Å². The van der Waals surface area contributed by atoms with Gasteiger partial charge in [-0.2, -0.15) is 13.2 Å². The third kappa shape index (κ3) is 4.72. The topological polar surface area (TPSA) is 37.8 Å². The minimum atomic E-state index is -4.45. The van der Waals surface area contributed by atoms with Crippen LogP contribution in [-0.4, -0.2) is 21.8 Å². The van der Waals surface area contributed by atoms with Gasteiger partial charge in [0.25, 0.3) is 0 Å². The Morgan fingerprint density at radius 2 is 2.00 bits per heavy atom. The summed E-state index contributed by atoms with van der Waals surface area (Å²) in [5, 5.41) is 3.29. The van der Waals surface area contributed by atoms with E-state index in [1.165, 1.54) is 11.8 Å². The molecule has 7 heteroatoms. The van der Waals surface area contributed by atoms with Crippen molar-refractivity contribution >= 4 is 17.7 Å². The van der Waals surface area contributed by atoms with Crippen LogP contribution < -0.4 is 5.32 Å². The highest BCUT2D eigenvalue weighted by Gasteiger charge is 2.33. The molecule has 1 rings (SSSR count). The van der Waals surface area contributed by atoms with E-state index in [0.29, 0.717) is 11.6 Å². The van der Waals surface area contributed by atoms with Crippen LogP contribution in [0.15, 0.2) is 11.1 Å². The zero-order valence-corrected chi connectivity index (χ0v) is 11.3. The van der Waals surface area contributed by atoms with Gasteiger partial charge in [-0.25, -0.2) is 9.97 Å². The molecule has 0 saturated carbocycles. The standard InChI is InChI=1S/C11H16F3N3S/c1-4-5-15-10-16-8(11(12,13)14)6-9(17-10)18-7(2)3/h6-7H,4-5H2,1-3H3,(H,15,16,17). The number of alkyl halides is 3. The summed E-state index contributed by atoms with van der Waals surface area (Å²) in [6.45, 7) is 6.27. The lowest BCUT2D eigenvalue weighted by molar-refractivity contribution is -0.141. The first-order valence-electron chi connectivity index (χ1n) is 5.69. The lowest BCUT2D eigenvalue weighted by Crippen LogP contribution is -2.13. The highest BCUT2D eigenvalue weighted by Crippen LogP contribution is 2.31. The van der Waals surface area contributed by atoms with Gasteiger partial charge in [-0.15, -0.1) is 11.8 Å². The molecule has 1 N–H and O–H groups in total. The number of rotatable bonds is 5. The Morgan fingerprint density at radius 3 is 2.50 bits per heavy atom. The van der Waals surface area contributed by atoms with Gasteiger partial charge in [0.2, 0.25) is 5.95 Å². The van der Waals surface area contributed by atoms with E-state index < -0.39 is 11.9 Å². The maximum Gasteiger partial charge on any atom is 0.433 e. The van der Waals surface area contributed by atoms with Gasteiger partial charge in [0.05, 0.1) is 0 Å². The summed E-state index contributed by atoms with van der Waals surface area (Å²) in [5.41, 5.74) is -0.903. The molecule has 0 bridgehead atoms. The van der Waals surface area contributed by atoms with E-state index in [9.17, 15) is 13.2 Å². The molecular formula is C11H16F3N3S. The quantitative estimate of drug-likeness (QED) is 0.657. The fourth-order valence-corrected chi connectivity index (χ4v) is 1.99. The van der Waals surface area contributed by atoms with Crippen molar-refractivity contribution < 1.29 is 13.2 Å². The van der Waals surface area contributed by atoms with Crippen molar-refractivity contribution in [2.45, 2.75) is 43.6 Å². The summed E-state index contributed by atoms with van der Waals surface area (Å²) in [5.74, 6) is 0.0369. The molecule has 0 aromatic carbocycles. The van der Waals surface area contributed by atoms with E-state index >= 15 is 0 Å². The summed E-state index contributed by atoms with van der Waals surface area (Å²) in [4.78, 5) is 7.55. The van der Waals surface area contributed by atoms with Crippen LogP contribution in [0.5, 0.6) is 0 Å². The zero-order valence-electron chi connectivity index (χ0n) is 10.5. The molecule has 102 valence electrons. The molecule has 0 atom stereocenters. The Morgan fingerprint density at radius 1 is 1.33 bits per heavy atom. The van der Waals surface area contributed by atoms with Gasteiger partial charge in [0.1, 0.15) is 5.03 Å². The first-order chi connectivity index (χ1) is 8.32. The van der Waals surface area contributed by atoms with Crippen LogP contribution in [0.3, 0.4) is 0 Å². The molecule has 1 heterocycles. The molecule has 0 saturated heterocycles. The van der Waals surface area contributed by atoms with Crippen LogP contribution in [0.2, 0.25) is 0 Å². The number of aromatic nitrogens is 2. The third-order valence-corrected chi connectivity index (χ3v) is 2.80. The van der Waals surface area contributed by atoms with Gasteiger partial charge in [-0.05, 0) is 6.42 Å². The van der Waals surface area contributed by atoms with Crippen molar-refractivity contribution in [1.29, 1.82) is 0 Å². The molecule has 0 aliphatic rings. The van der Waals surface area contributed by atoms with E-state index in [1.807, 2.05) is 20.8 Å². The molecule has 0 fully saturated rings. The smallest absolute Gasteiger partial charge is 0.354 e. The number of nitrogens with zero attached hydrogens (tertiary/aromatic N) is 2. The van der Waals surface area contributed by atoms with Crippen molar-refractivity contribution in [1.82, 2.24) is 9.97 Å². The van der Waals surface area contributed by atoms with E-state index in [1.54, 1.807) is 0 Å². The van der Waals surface area contributed by atoms with Crippen LogP contribution >= 0.6 is 11.8 Å². The van der Waals surface area contributed by atoms with Gasteiger partial charge >= 0.3 is 6.18 Å². The Bertz CT molecular complexity index is 394. The fourth-order valence-electron chi connectivity index (χ4n) is 1.19. The second kappa shape index (κ2) is 6.26. The second-order valence-corrected chi connectivity index (χ2v) is 5.60. The summed E-state index contributed by atoms with van der Waals surface area (Å²) in [7, 11) is 0. The van der Waals surface area contributed by atoms with Crippen molar-refractivity contribution in [2.24, 2.45) is 0 Å². The number of halogens is 3. The zero-order chi connectivity index (χ0) is 13.8. The number of thioether (sulfide) groups is 1. The fraction of sp³-hybridized carbons (Fsp3) is 0.636. The lowest BCUT2D eigenvalue weighted by atomic mass is 10.4. The Hall–Kier alpha value is -0.980. The van der Waals surface area contributed by atoms with E-state index in [4.69, 9.17) is 0 Å². The molecule has 0 unspecified atom stereocenters. The highest BCUT2D eigenvalue weighted by atomic mass is 32.2. The van der Waals surface area contributed by atoms with Crippen LogP contribution in [0.25, 0.3) is 0 Å². The largest absolute Gasteiger partial charge is 0.433 e. The van der Waals surface area contributed by atoms with E-state index in [-0.39, 0.29) is 11.2 Å². The molecule has 0 amide bonds. The second-order valence-electron chi connectivity index (χ2n) is 4.01. The summed E-state index contributed by atoms with van der Waals surface area (Å²) >= 11 is 1.29. The van der Waals surface area contributed by atoms with Crippen LogP contribution in [0.4, 0.5) is 19.1 Å². The Balaban J connectivity index is 3.03. The van der Waals surface area contributed by atoms with Gasteiger partial charge in [-0.3, -0.25) is 0 Å². The SMILES string of the molecule is CCCNc1nc(SC(C)C)cc(C(F)(F)F)n1. The van der Waals surface area contributed by atoms with Gasteiger partial charge in [-0.1, -0.05) is 20.8 Å². The normalized spacial score (nSPS) is 11.9. The number of hydrogen-bond donors (Lipinski definition) is 1. The summed E-state index contributed by atoms with van der Waals surface area (Å²) < 4.78 is 38.0. The van der Waals surface area contributed by atoms with Crippen molar-refractivity contribution in [3.05, 3.63) is 11.8 Å². The molecule has 1 aromatic rings. The monoisotopic (exact) mass is 279 g/mol. The van der Waals surface area contributed by atoms with Gasteiger partial charge in [0.15, 0.2) is 5.69 Å². The Labute approximate surface area is 109 Å².